The molecule has 5 nitrogen and oxygen atoms in total. The molecule has 0 fully saturated rings. The summed E-state index contributed by atoms with van der Waals surface area (Å²) in [7, 11) is 0. The van der Waals surface area contributed by atoms with Crippen LogP contribution < -0.4 is 4.74 Å². The van der Waals surface area contributed by atoms with Crippen LogP contribution >= 0.6 is 0 Å². The first-order chi connectivity index (χ1) is 12.6. The van der Waals surface area contributed by atoms with Gasteiger partial charge in [-0.25, -0.2) is 9.07 Å². The van der Waals surface area contributed by atoms with Gasteiger partial charge >= 0.3 is 0 Å². The fourth-order valence-corrected chi connectivity index (χ4v) is 2.59. The first kappa shape index (κ1) is 17.6. The van der Waals surface area contributed by atoms with E-state index >= 15 is 0 Å². The fraction of sp³-hybridized carbons (Fsp3) is 0.158. The average molecular weight is 355 g/mol. The van der Waals surface area contributed by atoms with Gasteiger partial charge in [-0.1, -0.05) is 18.2 Å². The molecule has 0 radical (unpaired) electrons. The van der Waals surface area contributed by atoms with Crippen molar-refractivity contribution in [1.82, 2.24) is 9.78 Å². The highest BCUT2D eigenvalue weighted by Gasteiger charge is 2.19. The van der Waals surface area contributed by atoms with E-state index in [0.717, 1.165) is 5.69 Å². The number of ether oxygens (including phenoxy) is 1. The molecule has 0 saturated carbocycles. The summed E-state index contributed by atoms with van der Waals surface area (Å²) >= 11 is 0. The number of nitriles is 1. The Morgan fingerprint density at radius 1 is 1.15 bits per heavy atom. The maximum Gasteiger partial charge on any atom is 0.200 e. The lowest BCUT2D eigenvalue weighted by Crippen LogP contribution is -2.08. The van der Waals surface area contributed by atoms with Gasteiger partial charge in [-0.2, -0.15) is 14.8 Å². The second-order valence-corrected chi connectivity index (χ2v) is 5.56. The van der Waals surface area contributed by atoms with E-state index in [1.165, 1.54) is 12.1 Å². The van der Waals surface area contributed by atoms with Gasteiger partial charge in [0.15, 0.2) is 11.6 Å². The van der Waals surface area contributed by atoms with Crippen molar-refractivity contribution in [3.8, 4) is 17.5 Å². The fourth-order valence-electron chi connectivity index (χ4n) is 2.59. The van der Waals surface area contributed by atoms with Crippen molar-refractivity contribution in [2.45, 2.75) is 20.1 Å². The van der Waals surface area contributed by atoms with E-state index in [4.69, 9.17) is 9.84 Å². The molecule has 3 rings (SSSR count). The predicted molar refractivity (Wildman–Crippen MR) is 89.6 cm³/mol. The number of hydrogen-bond donors (Lipinski definition) is 1. The third kappa shape index (κ3) is 3.15. The number of halogens is 2. The van der Waals surface area contributed by atoms with Crippen LogP contribution in [0.3, 0.4) is 0 Å². The summed E-state index contributed by atoms with van der Waals surface area (Å²) in [5.74, 6) is -2.64. The summed E-state index contributed by atoms with van der Waals surface area (Å²) in [5.41, 5.74) is 1.83. The number of aliphatic hydroxyl groups excluding tert-OH is 1. The molecule has 7 heteroatoms. The number of benzene rings is 2. The van der Waals surface area contributed by atoms with Gasteiger partial charge in [0.2, 0.25) is 5.82 Å². The van der Waals surface area contributed by atoms with Gasteiger partial charge in [0, 0.05) is 5.56 Å². The highest BCUT2D eigenvalue weighted by molar-refractivity contribution is 5.43. The van der Waals surface area contributed by atoms with Crippen molar-refractivity contribution in [2.24, 2.45) is 0 Å². The maximum atomic E-state index is 14.1. The number of nitrogens with zero attached hydrogens (tertiary/aromatic N) is 3. The molecule has 2 aromatic carbocycles. The molecule has 1 aromatic heterocycles. The summed E-state index contributed by atoms with van der Waals surface area (Å²) in [4.78, 5) is 0. The molecule has 1 N–H and O–H groups in total. The van der Waals surface area contributed by atoms with Crippen molar-refractivity contribution in [2.75, 3.05) is 0 Å². The first-order valence-electron chi connectivity index (χ1n) is 7.81. The van der Waals surface area contributed by atoms with E-state index in [1.807, 2.05) is 30.3 Å². The van der Waals surface area contributed by atoms with E-state index in [-0.39, 0.29) is 17.9 Å². The van der Waals surface area contributed by atoms with Crippen LogP contribution in [-0.4, -0.2) is 14.9 Å². The number of aromatic nitrogens is 2. The lowest BCUT2D eigenvalue weighted by Gasteiger charge is -2.11. The Labute approximate surface area is 148 Å². The molecule has 0 atom stereocenters. The van der Waals surface area contributed by atoms with E-state index in [1.54, 1.807) is 11.6 Å². The summed E-state index contributed by atoms with van der Waals surface area (Å²) in [6.45, 7) is 0.910. The van der Waals surface area contributed by atoms with E-state index < -0.39 is 18.2 Å². The molecule has 0 aliphatic rings. The van der Waals surface area contributed by atoms with Crippen molar-refractivity contribution in [3.05, 3.63) is 76.6 Å². The van der Waals surface area contributed by atoms with Crippen LogP contribution in [0.1, 0.15) is 22.5 Å². The van der Waals surface area contributed by atoms with Crippen LogP contribution in [-0.2, 0) is 13.2 Å². The standard InChI is InChI=1S/C19H15F2N3O2/c1-12-15(9-22)16(24(23-12)14-5-3-2-4-6-14)11-26-17-8-7-13(10-25)18(20)19(17)21/h2-8,25H,10-11H2,1H3. The van der Waals surface area contributed by atoms with Crippen molar-refractivity contribution in [1.29, 1.82) is 5.26 Å². The predicted octanol–water partition coefficient (Wildman–Crippen LogP) is 3.40. The molecule has 132 valence electrons. The van der Waals surface area contributed by atoms with Crippen molar-refractivity contribution < 1.29 is 18.6 Å². The van der Waals surface area contributed by atoms with Gasteiger partial charge in [-0.15, -0.1) is 0 Å². The van der Waals surface area contributed by atoms with Crippen LogP contribution in [0.5, 0.6) is 5.75 Å². The number of aliphatic hydroxyl groups is 1. The topological polar surface area (TPSA) is 71.1 Å². The minimum absolute atomic E-state index is 0.155. The number of rotatable bonds is 5. The van der Waals surface area contributed by atoms with Crippen molar-refractivity contribution >= 4 is 0 Å². The van der Waals surface area contributed by atoms with Gasteiger partial charge in [0.05, 0.1) is 23.7 Å². The zero-order chi connectivity index (χ0) is 18.7. The SMILES string of the molecule is Cc1nn(-c2ccccc2)c(COc2ccc(CO)c(F)c2F)c1C#N. The van der Waals surface area contributed by atoms with Crippen LogP contribution in [0, 0.1) is 29.9 Å². The van der Waals surface area contributed by atoms with Crippen LogP contribution in [0.2, 0.25) is 0 Å². The largest absolute Gasteiger partial charge is 0.484 e. The molecule has 1 heterocycles. The molecule has 3 aromatic rings. The summed E-state index contributed by atoms with van der Waals surface area (Å²) in [6.07, 6.45) is 0. The minimum Gasteiger partial charge on any atom is -0.484 e. The van der Waals surface area contributed by atoms with Gasteiger partial charge in [0.1, 0.15) is 18.2 Å². The Morgan fingerprint density at radius 2 is 1.88 bits per heavy atom. The van der Waals surface area contributed by atoms with Gasteiger partial charge < -0.3 is 9.84 Å². The second kappa shape index (κ2) is 7.33. The quantitative estimate of drug-likeness (QED) is 0.761. The Balaban J connectivity index is 1.96. The van der Waals surface area contributed by atoms with E-state index in [2.05, 4.69) is 11.2 Å². The lowest BCUT2D eigenvalue weighted by atomic mass is 10.2. The molecule has 0 spiro atoms. The third-order valence-electron chi connectivity index (χ3n) is 3.93. The minimum atomic E-state index is -1.18. The zero-order valence-corrected chi connectivity index (χ0v) is 13.9. The molecule has 0 saturated heterocycles. The molecule has 0 bridgehead atoms. The van der Waals surface area contributed by atoms with E-state index in [0.29, 0.717) is 17.0 Å². The number of aryl methyl sites for hydroxylation is 1. The summed E-state index contributed by atoms with van der Waals surface area (Å²) < 4.78 is 34.8. The average Bonchev–Trinajstić information content (AvgIpc) is 2.99. The monoisotopic (exact) mass is 355 g/mol. The highest BCUT2D eigenvalue weighted by atomic mass is 19.2. The van der Waals surface area contributed by atoms with Crippen LogP contribution in [0.15, 0.2) is 42.5 Å². The molecule has 0 unspecified atom stereocenters. The Bertz CT molecular complexity index is 979. The molecular formula is C19H15F2N3O2. The first-order valence-corrected chi connectivity index (χ1v) is 7.81. The Hall–Kier alpha value is -3.24. The molecule has 0 aliphatic carbocycles. The van der Waals surface area contributed by atoms with E-state index in [9.17, 15) is 14.0 Å². The van der Waals surface area contributed by atoms with Gasteiger partial charge in [-0.05, 0) is 31.2 Å². The molecule has 0 aliphatic heterocycles. The van der Waals surface area contributed by atoms with Gasteiger partial charge in [-0.3, -0.25) is 0 Å². The molecule has 26 heavy (non-hydrogen) atoms. The summed E-state index contributed by atoms with van der Waals surface area (Å²) in [5, 5.41) is 22.7. The molecular weight excluding hydrogens is 340 g/mol. The Kier molecular flexibility index (Phi) is 4.96. The Morgan fingerprint density at radius 3 is 2.54 bits per heavy atom. The number of hydrogen-bond acceptors (Lipinski definition) is 4. The normalized spacial score (nSPS) is 10.6. The smallest absolute Gasteiger partial charge is 0.200 e. The maximum absolute atomic E-state index is 14.1. The highest BCUT2D eigenvalue weighted by Crippen LogP contribution is 2.25. The third-order valence-corrected chi connectivity index (χ3v) is 3.93. The lowest BCUT2D eigenvalue weighted by molar-refractivity contribution is 0.262. The summed E-state index contributed by atoms with van der Waals surface area (Å²) in [6, 6.07) is 13.7. The second-order valence-electron chi connectivity index (χ2n) is 5.56. The van der Waals surface area contributed by atoms with Crippen LogP contribution in [0.4, 0.5) is 8.78 Å². The van der Waals surface area contributed by atoms with Crippen LogP contribution in [0.25, 0.3) is 5.69 Å². The number of para-hydroxylation sites is 1. The van der Waals surface area contributed by atoms with Crippen molar-refractivity contribution in [3.63, 3.8) is 0 Å². The zero-order valence-electron chi connectivity index (χ0n) is 13.9. The molecule has 0 amide bonds. The van der Waals surface area contributed by atoms with Gasteiger partial charge in [0.25, 0.3) is 0 Å².